The quantitative estimate of drug-likeness (QED) is 0.549. The maximum absolute atomic E-state index is 11.9. The molecule has 0 aromatic carbocycles. The molecule has 0 radical (unpaired) electrons. The Hall–Kier alpha value is -0.650. The fourth-order valence-electron chi connectivity index (χ4n) is 8.94. The van der Waals surface area contributed by atoms with Crippen molar-refractivity contribution in [2.45, 2.75) is 97.2 Å². The molecule has 0 saturated heterocycles. The van der Waals surface area contributed by atoms with E-state index in [0.717, 1.165) is 38.5 Å². The van der Waals surface area contributed by atoms with E-state index >= 15 is 0 Å². The molecule has 31 heavy (non-hydrogen) atoms. The Morgan fingerprint density at radius 1 is 1.06 bits per heavy atom. The van der Waals surface area contributed by atoms with Crippen molar-refractivity contribution >= 4 is 5.97 Å². The van der Waals surface area contributed by atoms with Gasteiger partial charge in [-0.05, 0) is 104 Å². The molecule has 178 valence electrons. The van der Waals surface area contributed by atoms with Gasteiger partial charge in [0.1, 0.15) is 6.61 Å². The van der Waals surface area contributed by atoms with Crippen LogP contribution in [0.1, 0.15) is 85.0 Å². The van der Waals surface area contributed by atoms with Crippen LogP contribution in [0.15, 0.2) is 0 Å². The third kappa shape index (κ3) is 3.97. The molecule has 4 saturated carbocycles. The smallest absolute Gasteiger partial charge is 0.305 e. The van der Waals surface area contributed by atoms with Gasteiger partial charge in [-0.1, -0.05) is 20.8 Å². The monoisotopic (exact) mass is 436 g/mol. The summed E-state index contributed by atoms with van der Waals surface area (Å²) in [6, 6.07) is 0. The predicted octanol–water partition coefficient (Wildman–Crippen LogP) is 3.93. The van der Waals surface area contributed by atoms with Crippen molar-refractivity contribution < 1.29 is 24.9 Å². The lowest BCUT2D eigenvalue weighted by Crippen LogP contribution is -2.58. The zero-order chi connectivity index (χ0) is 22.4. The van der Waals surface area contributed by atoms with Crippen LogP contribution in [0, 0.1) is 46.3 Å². The van der Waals surface area contributed by atoms with Crippen molar-refractivity contribution in [3.63, 3.8) is 0 Å². The zero-order valence-electron chi connectivity index (χ0n) is 19.8. The summed E-state index contributed by atoms with van der Waals surface area (Å²) in [4.78, 5) is 11.9. The highest BCUT2D eigenvalue weighted by atomic mass is 16.5. The lowest BCUT2D eigenvalue weighted by molar-refractivity contribution is -0.175. The Balaban J connectivity index is 1.47. The van der Waals surface area contributed by atoms with E-state index in [4.69, 9.17) is 9.84 Å². The Morgan fingerprint density at radius 3 is 2.58 bits per heavy atom. The van der Waals surface area contributed by atoms with Crippen molar-refractivity contribution in [3.8, 4) is 0 Å². The number of fused-ring (bicyclic) bond motifs is 5. The molecule has 0 heterocycles. The van der Waals surface area contributed by atoms with Crippen LogP contribution < -0.4 is 0 Å². The number of rotatable bonds is 6. The van der Waals surface area contributed by atoms with Crippen LogP contribution in [-0.2, 0) is 9.53 Å². The van der Waals surface area contributed by atoms with Crippen molar-refractivity contribution in [2.24, 2.45) is 46.3 Å². The van der Waals surface area contributed by atoms with E-state index in [2.05, 4.69) is 20.8 Å². The van der Waals surface area contributed by atoms with E-state index in [1.807, 2.05) is 0 Å². The first-order valence-corrected chi connectivity index (χ1v) is 12.8. The fraction of sp³-hybridized carbons (Fsp3) is 0.962. The highest BCUT2D eigenvalue weighted by molar-refractivity contribution is 5.69. The molecule has 4 rings (SSSR count). The topological polar surface area (TPSA) is 87.0 Å². The Kier molecular flexibility index (Phi) is 6.78. The second-order valence-corrected chi connectivity index (χ2v) is 11.8. The molecule has 0 aromatic rings. The van der Waals surface area contributed by atoms with Gasteiger partial charge in [-0.25, -0.2) is 0 Å². The maximum Gasteiger partial charge on any atom is 0.305 e. The van der Waals surface area contributed by atoms with Crippen LogP contribution in [-0.4, -0.2) is 46.7 Å². The van der Waals surface area contributed by atoms with Crippen molar-refractivity contribution in [1.82, 2.24) is 0 Å². The van der Waals surface area contributed by atoms with Gasteiger partial charge in [-0.2, -0.15) is 0 Å². The molecule has 4 aliphatic carbocycles. The molecule has 3 N–H and O–H groups in total. The summed E-state index contributed by atoms with van der Waals surface area (Å²) in [6.45, 7) is 7.00. The SMILES string of the molecule is C[C@H](CCC(=O)OCCO)[C@H]1CCC2C3CC[C@@H]4C[C@H](O)CC[C@]4(C)C3C[C@H](O)[C@@]21C. The number of aliphatic hydroxyl groups excluding tert-OH is 3. The van der Waals surface area contributed by atoms with Gasteiger partial charge in [-0.15, -0.1) is 0 Å². The molecule has 4 fully saturated rings. The highest BCUT2D eigenvalue weighted by Gasteiger charge is 2.63. The average Bonchev–Trinajstić information content (AvgIpc) is 3.10. The Bertz CT molecular complexity index is 652. The standard InChI is InChI=1S/C26H44O5/c1-16(4-9-24(30)31-13-12-27)20-7-8-21-19-6-5-17-14-18(28)10-11-25(17,2)22(19)15-23(29)26(20,21)3/h16-23,27-29H,4-15H2,1-3H3/t16-,17-,18-,19?,20-,21?,22?,23+,25+,26-/m1/s1. The molecular weight excluding hydrogens is 392 g/mol. The number of esters is 1. The normalized spacial score (nSPS) is 47.7. The van der Waals surface area contributed by atoms with E-state index in [1.54, 1.807) is 0 Å². The summed E-state index contributed by atoms with van der Waals surface area (Å²) in [6.07, 6.45) is 9.46. The van der Waals surface area contributed by atoms with Gasteiger partial charge in [0.05, 0.1) is 18.8 Å². The molecule has 0 amide bonds. The van der Waals surface area contributed by atoms with Crippen LogP contribution >= 0.6 is 0 Å². The number of carbonyl (C=O) groups is 1. The van der Waals surface area contributed by atoms with Crippen molar-refractivity contribution in [1.29, 1.82) is 0 Å². The molecule has 4 aliphatic rings. The predicted molar refractivity (Wildman–Crippen MR) is 119 cm³/mol. The minimum atomic E-state index is -0.280. The number of hydrogen-bond acceptors (Lipinski definition) is 5. The van der Waals surface area contributed by atoms with E-state index in [-0.39, 0.29) is 42.2 Å². The molecule has 5 nitrogen and oxygen atoms in total. The van der Waals surface area contributed by atoms with Crippen LogP contribution in [0.5, 0.6) is 0 Å². The summed E-state index contributed by atoms with van der Waals surface area (Å²) in [7, 11) is 0. The summed E-state index contributed by atoms with van der Waals surface area (Å²) in [5.41, 5.74) is 0.206. The lowest BCUT2D eigenvalue weighted by Gasteiger charge is -2.62. The van der Waals surface area contributed by atoms with Crippen LogP contribution in [0.2, 0.25) is 0 Å². The molecular formula is C26H44O5. The summed E-state index contributed by atoms with van der Waals surface area (Å²) >= 11 is 0. The minimum absolute atomic E-state index is 0.0625. The largest absolute Gasteiger partial charge is 0.463 e. The second kappa shape index (κ2) is 8.95. The van der Waals surface area contributed by atoms with Crippen molar-refractivity contribution in [2.75, 3.05) is 13.2 Å². The third-order valence-electron chi connectivity index (χ3n) is 10.7. The fourth-order valence-corrected chi connectivity index (χ4v) is 8.94. The van der Waals surface area contributed by atoms with E-state index in [1.165, 1.54) is 19.3 Å². The lowest BCUT2D eigenvalue weighted by atomic mass is 9.43. The molecule has 3 unspecified atom stereocenters. The zero-order valence-corrected chi connectivity index (χ0v) is 19.8. The summed E-state index contributed by atoms with van der Waals surface area (Å²) in [5.74, 6) is 3.04. The molecule has 0 bridgehead atoms. The van der Waals surface area contributed by atoms with Gasteiger partial charge in [-0.3, -0.25) is 4.79 Å². The van der Waals surface area contributed by atoms with E-state index < -0.39 is 0 Å². The van der Waals surface area contributed by atoms with Gasteiger partial charge in [0.25, 0.3) is 0 Å². The first kappa shape index (κ1) is 23.5. The van der Waals surface area contributed by atoms with E-state index in [9.17, 15) is 15.0 Å². The maximum atomic E-state index is 11.9. The van der Waals surface area contributed by atoms with Gasteiger partial charge >= 0.3 is 5.97 Å². The average molecular weight is 437 g/mol. The van der Waals surface area contributed by atoms with Crippen LogP contribution in [0.4, 0.5) is 0 Å². The van der Waals surface area contributed by atoms with E-state index in [0.29, 0.717) is 41.9 Å². The third-order valence-corrected chi connectivity index (χ3v) is 10.7. The Morgan fingerprint density at radius 2 is 1.84 bits per heavy atom. The molecule has 5 heteroatoms. The highest BCUT2D eigenvalue weighted by Crippen LogP contribution is 2.68. The number of ether oxygens (including phenoxy) is 1. The molecule has 0 aromatic heterocycles. The second-order valence-electron chi connectivity index (χ2n) is 11.8. The van der Waals surface area contributed by atoms with Gasteiger partial charge in [0.2, 0.25) is 0 Å². The van der Waals surface area contributed by atoms with Gasteiger partial charge in [0.15, 0.2) is 0 Å². The minimum Gasteiger partial charge on any atom is -0.463 e. The number of hydrogen-bond donors (Lipinski definition) is 3. The summed E-state index contributed by atoms with van der Waals surface area (Å²) in [5, 5.41) is 30.7. The number of carbonyl (C=O) groups excluding carboxylic acids is 1. The molecule has 10 atom stereocenters. The first-order chi connectivity index (χ1) is 14.7. The first-order valence-electron chi connectivity index (χ1n) is 12.8. The molecule has 0 aliphatic heterocycles. The van der Waals surface area contributed by atoms with Gasteiger partial charge < -0.3 is 20.1 Å². The van der Waals surface area contributed by atoms with Crippen LogP contribution in [0.3, 0.4) is 0 Å². The number of aliphatic hydroxyl groups is 3. The summed E-state index contributed by atoms with van der Waals surface area (Å²) < 4.78 is 5.04. The van der Waals surface area contributed by atoms with Crippen molar-refractivity contribution in [3.05, 3.63) is 0 Å². The Labute approximate surface area is 187 Å². The molecule has 0 spiro atoms. The van der Waals surface area contributed by atoms with Crippen LogP contribution in [0.25, 0.3) is 0 Å². The van der Waals surface area contributed by atoms with Gasteiger partial charge in [0, 0.05) is 6.42 Å².